The molecule has 0 bridgehead atoms. The lowest BCUT2D eigenvalue weighted by Crippen LogP contribution is -2.18. The number of aryl methyl sites for hydroxylation is 1. The van der Waals surface area contributed by atoms with E-state index in [0.717, 1.165) is 30.2 Å². The smallest absolute Gasteiger partial charge is 0.0815 e. The van der Waals surface area contributed by atoms with Crippen molar-refractivity contribution in [3.05, 3.63) is 16.9 Å². The molecule has 0 aliphatic rings. The van der Waals surface area contributed by atoms with Crippen LogP contribution in [0.1, 0.15) is 32.0 Å². The second kappa shape index (κ2) is 5.37. The lowest BCUT2D eigenvalue weighted by atomic mass is 10.2. The molecule has 0 aliphatic heterocycles. The molecule has 1 aromatic heterocycles. The van der Waals surface area contributed by atoms with Gasteiger partial charge in [-0.3, -0.25) is 4.68 Å². The van der Waals surface area contributed by atoms with Gasteiger partial charge in [0, 0.05) is 6.20 Å². The summed E-state index contributed by atoms with van der Waals surface area (Å²) < 4.78 is 1.94. The summed E-state index contributed by atoms with van der Waals surface area (Å²) >= 11 is 5.94. The Morgan fingerprint density at radius 1 is 1.64 bits per heavy atom. The second-order valence-electron chi connectivity index (χ2n) is 3.53. The summed E-state index contributed by atoms with van der Waals surface area (Å²) in [5, 5.41) is 8.39. The van der Waals surface area contributed by atoms with E-state index < -0.39 is 0 Å². The fraction of sp³-hybridized carbons (Fsp3) is 0.700. The fourth-order valence-electron chi connectivity index (χ4n) is 1.31. The second-order valence-corrected chi connectivity index (χ2v) is 3.94. The molecule has 0 fully saturated rings. The van der Waals surface area contributed by atoms with Crippen molar-refractivity contribution in [3.8, 4) is 0 Å². The van der Waals surface area contributed by atoms with Crippen molar-refractivity contribution in [1.29, 1.82) is 0 Å². The summed E-state index contributed by atoms with van der Waals surface area (Å²) in [6.07, 6.45) is 2.97. The van der Waals surface area contributed by atoms with E-state index >= 15 is 0 Å². The Labute approximate surface area is 90.4 Å². The molecule has 14 heavy (non-hydrogen) atoms. The van der Waals surface area contributed by atoms with Gasteiger partial charge in [0.15, 0.2) is 0 Å². The summed E-state index contributed by atoms with van der Waals surface area (Å²) in [4.78, 5) is 0. The highest BCUT2D eigenvalue weighted by molar-refractivity contribution is 6.31. The van der Waals surface area contributed by atoms with Gasteiger partial charge in [0.2, 0.25) is 0 Å². The maximum atomic E-state index is 5.94. The Hall–Kier alpha value is -0.540. The molecule has 0 saturated heterocycles. The standard InChI is InChI=1S/C10H18ClN3/c1-4-12-6-5-8(2)14-7-10(11)9(3)13-14/h7-8,12H,4-6H2,1-3H3. The number of rotatable bonds is 5. The molecule has 1 aromatic rings. The molecule has 0 radical (unpaired) electrons. The lowest BCUT2D eigenvalue weighted by molar-refractivity contribution is 0.445. The molecule has 0 aliphatic carbocycles. The molecule has 1 heterocycles. The van der Waals surface area contributed by atoms with Crippen LogP contribution >= 0.6 is 11.6 Å². The van der Waals surface area contributed by atoms with Gasteiger partial charge in [-0.05, 0) is 33.4 Å². The quantitative estimate of drug-likeness (QED) is 0.765. The molecular weight excluding hydrogens is 198 g/mol. The Morgan fingerprint density at radius 3 is 2.86 bits per heavy atom. The van der Waals surface area contributed by atoms with Crippen molar-refractivity contribution in [2.24, 2.45) is 0 Å². The number of aromatic nitrogens is 2. The van der Waals surface area contributed by atoms with Crippen LogP contribution in [0.3, 0.4) is 0 Å². The van der Waals surface area contributed by atoms with Crippen LogP contribution in [0.25, 0.3) is 0 Å². The molecule has 0 amide bonds. The summed E-state index contributed by atoms with van der Waals surface area (Å²) in [6, 6.07) is 0.403. The van der Waals surface area contributed by atoms with E-state index in [1.54, 1.807) is 0 Å². The van der Waals surface area contributed by atoms with Crippen LogP contribution < -0.4 is 5.32 Å². The molecule has 1 rings (SSSR count). The number of hydrogen-bond donors (Lipinski definition) is 1. The minimum absolute atomic E-state index is 0.403. The number of nitrogens with one attached hydrogen (secondary N) is 1. The maximum Gasteiger partial charge on any atom is 0.0815 e. The van der Waals surface area contributed by atoms with Crippen LogP contribution in [0.4, 0.5) is 0 Å². The van der Waals surface area contributed by atoms with Gasteiger partial charge in [-0.1, -0.05) is 18.5 Å². The minimum atomic E-state index is 0.403. The largest absolute Gasteiger partial charge is 0.317 e. The van der Waals surface area contributed by atoms with Gasteiger partial charge >= 0.3 is 0 Å². The first-order chi connectivity index (χ1) is 6.65. The highest BCUT2D eigenvalue weighted by Gasteiger charge is 2.07. The monoisotopic (exact) mass is 215 g/mol. The third-order valence-corrected chi connectivity index (χ3v) is 2.67. The topological polar surface area (TPSA) is 29.9 Å². The van der Waals surface area contributed by atoms with E-state index in [-0.39, 0.29) is 0 Å². The molecule has 0 saturated carbocycles. The van der Waals surface area contributed by atoms with E-state index in [1.165, 1.54) is 0 Å². The van der Waals surface area contributed by atoms with Gasteiger partial charge in [0.25, 0.3) is 0 Å². The summed E-state index contributed by atoms with van der Waals surface area (Å²) in [7, 11) is 0. The first-order valence-electron chi connectivity index (χ1n) is 5.07. The van der Waals surface area contributed by atoms with Crippen molar-refractivity contribution in [3.63, 3.8) is 0 Å². The van der Waals surface area contributed by atoms with Crippen molar-refractivity contribution in [1.82, 2.24) is 15.1 Å². The van der Waals surface area contributed by atoms with Crippen LogP contribution in [0.5, 0.6) is 0 Å². The van der Waals surface area contributed by atoms with E-state index in [4.69, 9.17) is 11.6 Å². The average molecular weight is 216 g/mol. The SMILES string of the molecule is CCNCCC(C)n1cc(Cl)c(C)n1. The van der Waals surface area contributed by atoms with Crippen molar-refractivity contribution < 1.29 is 0 Å². The number of hydrogen-bond acceptors (Lipinski definition) is 2. The van der Waals surface area contributed by atoms with Crippen LogP contribution in [0.15, 0.2) is 6.20 Å². The molecule has 4 heteroatoms. The van der Waals surface area contributed by atoms with E-state index in [2.05, 4.69) is 24.3 Å². The van der Waals surface area contributed by atoms with Gasteiger partial charge in [0.1, 0.15) is 0 Å². The van der Waals surface area contributed by atoms with E-state index in [0.29, 0.717) is 6.04 Å². The third kappa shape index (κ3) is 3.00. The predicted molar refractivity (Wildman–Crippen MR) is 59.8 cm³/mol. The highest BCUT2D eigenvalue weighted by atomic mass is 35.5. The first-order valence-corrected chi connectivity index (χ1v) is 5.45. The zero-order valence-corrected chi connectivity index (χ0v) is 9.80. The molecule has 1 atom stereocenters. The molecule has 1 N–H and O–H groups in total. The van der Waals surface area contributed by atoms with E-state index in [1.807, 2.05) is 17.8 Å². The fourth-order valence-corrected chi connectivity index (χ4v) is 1.44. The average Bonchev–Trinajstić information content (AvgIpc) is 2.47. The summed E-state index contributed by atoms with van der Waals surface area (Å²) in [6.45, 7) is 8.23. The molecule has 0 aromatic carbocycles. The number of nitrogens with zero attached hydrogens (tertiary/aromatic N) is 2. The van der Waals surface area contributed by atoms with Crippen molar-refractivity contribution in [2.45, 2.75) is 33.2 Å². The molecule has 3 nitrogen and oxygen atoms in total. The third-order valence-electron chi connectivity index (χ3n) is 2.30. The normalized spacial score (nSPS) is 13.1. The first kappa shape index (κ1) is 11.5. The Bertz CT molecular complexity index is 263. The summed E-state index contributed by atoms with van der Waals surface area (Å²) in [5.74, 6) is 0. The van der Waals surface area contributed by atoms with Gasteiger partial charge in [-0.15, -0.1) is 0 Å². The zero-order valence-electron chi connectivity index (χ0n) is 9.05. The zero-order chi connectivity index (χ0) is 10.6. The molecule has 1 unspecified atom stereocenters. The lowest BCUT2D eigenvalue weighted by Gasteiger charge is -2.11. The Kier molecular flexibility index (Phi) is 4.42. The van der Waals surface area contributed by atoms with Gasteiger partial charge in [0.05, 0.1) is 16.8 Å². The van der Waals surface area contributed by atoms with Gasteiger partial charge in [-0.2, -0.15) is 5.10 Å². The van der Waals surface area contributed by atoms with Gasteiger partial charge in [-0.25, -0.2) is 0 Å². The Balaban J connectivity index is 2.47. The Morgan fingerprint density at radius 2 is 2.36 bits per heavy atom. The predicted octanol–water partition coefficient (Wildman–Crippen LogP) is 2.41. The van der Waals surface area contributed by atoms with Crippen LogP contribution in [0, 0.1) is 6.92 Å². The molecular formula is C10H18ClN3. The molecule has 0 spiro atoms. The maximum absolute atomic E-state index is 5.94. The van der Waals surface area contributed by atoms with Crippen LogP contribution in [-0.2, 0) is 0 Å². The minimum Gasteiger partial charge on any atom is -0.317 e. The number of halogens is 1. The highest BCUT2D eigenvalue weighted by Crippen LogP contribution is 2.17. The van der Waals surface area contributed by atoms with Crippen LogP contribution in [-0.4, -0.2) is 22.9 Å². The van der Waals surface area contributed by atoms with Crippen molar-refractivity contribution >= 4 is 11.6 Å². The van der Waals surface area contributed by atoms with E-state index in [9.17, 15) is 0 Å². The van der Waals surface area contributed by atoms with Crippen molar-refractivity contribution in [2.75, 3.05) is 13.1 Å². The molecule has 80 valence electrons. The summed E-state index contributed by atoms with van der Waals surface area (Å²) in [5.41, 5.74) is 0.905. The van der Waals surface area contributed by atoms with Crippen LogP contribution in [0.2, 0.25) is 5.02 Å². The van der Waals surface area contributed by atoms with Gasteiger partial charge < -0.3 is 5.32 Å².